The summed E-state index contributed by atoms with van der Waals surface area (Å²) in [7, 11) is 1.68. The molecule has 0 spiro atoms. The zero-order chi connectivity index (χ0) is 53.3. The van der Waals surface area contributed by atoms with Crippen LogP contribution in [0.3, 0.4) is 0 Å². The number of piperidine rings is 1. The Bertz CT molecular complexity index is 3140. The number of phenolic OH excluding ortho intramolecular Hbond substituents is 2. The van der Waals surface area contributed by atoms with Crippen LogP contribution < -0.4 is 15.4 Å². The molecule has 76 heavy (non-hydrogen) atoms. The molecule has 2 aliphatic rings. The Morgan fingerprint density at radius 1 is 0.882 bits per heavy atom. The highest BCUT2D eigenvalue weighted by molar-refractivity contribution is 7.10. The van der Waals surface area contributed by atoms with Crippen LogP contribution in [0.2, 0.25) is 0 Å². The van der Waals surface area contributed by atoms with E-state index in [1.165, 1.54) is 35.6 Å². The van der Waals surface area contributed by atoms with Gasteiger partial charge in [-0.3, -0.25) is 19.2 Å². The molecule has 3 amide bonds. The van der Waals surface area contributed by atoms with E-state index in [1.807, 2.05) is 49.4 Å². The van der Waals surface area contributed by atoms with Crippen LogP contribution in [0.5, 0.6) is 17.2 Å². The number of benzene rings is 4. The lowest BCUT2D eigenvalue weighted by Gasteiger charge is -2.38. The Morgan fingerprint density at radius 2 is 1.62 bits per heavy atom. The van der Waals surface area contributed by atoms with Crippen LogP contribution in [-0.4, -0.2) is 133 Å². The molecule has 398 valence electrons. The molecule has 2 fully saturated rings. The van der Waals surface area contributed by atoms with Gasteiger partial charge in [-0.2, -0.15) is 0 Å². The van der Waals surface area contributed by atoms with E-state index >= 15 is 0 Å². The average Bonchev–Trinajstić information content (AvgIpc) is 4.27. The summed E-state index contributed by atoms with van der Waals surface area (Å²) in [6, 6.07) is 24.0. The summed E-state index contributed by atoms with van der Waals surface area (Å²) < 4.78 is 34.9. The maximum Gasteiger partial charge on any atom is 0.248 e. The zero-order valence-corrected chi connectivity index (χ0v) is 43.5. The van der Waals surface area contributed by atoms with Crippen LogP contribution in [0.25, 0.3) is 22.2 Å². The number of nitrogens with zero attached hydrogens (tertiary/aromatic N) is 7. The number of fused-ring (bicyclic) bond motifs is 1. The molecule has 2 saturated heterocycles. The molecule has 5 heterocycles. The van der Waals surface area contributed by atoms with E-state index in [0.717, 1.165) is 39.7 Å². The second-order valence-corrected chi connectivity index (χ2v) is 20.1. The third-order valence-corrected chi connectivity index (χ3v) is 15.1. The third-order valence-electron chi connectivity index (χ3n) is 14.2. The number of ether oxygens (including phenoxy) is 3. The van der Waals surface area contributed by atoms with Gasteiger partial charge in [0.15, 0.2) is 0 Å². The van der Waals surface area contributed by atoms with Gasteiger partial charge in [-0.25, -0.2) is 14.1 Å². The number of hydrogen-bond acceptors (Lipinski definition) is 14. The molecule has 0 unspecified atom stereocenters. The predicted molar refractivity (Wildman–Crippen MR) is 282 cm³/mol. The normalized spacial score (nSPS) is 15.8. The fourth-order valence-electron chi connectivity index (χ4n) is 9.89. The van der Waals surface area contributed by atoms with Crippen molar-refractivity contribution in [1.29, 1.82) is 0 Å². The number of aromatic nitrogens is 5. The van der Waals surface area contributed by atoms with Crippen molar-refractivity contribution in [3.8, 4) is 28.5 Å². The van der Waals surface area contributed by atoms with Gasteiger partial charge in [0.05, 0.1) is 50.3 Å². The molecule has 18 nitrogen and oxygen atoms in total. The number of carbonyl (C=O) groups is 4. The summed E-state index contributed by atoms with van der Waals surface area (Å²) in [6.45, 7) is 6.97. The zero-order valence-electron chi connectivity index (χ0n) is 42.7. The van der Waals surface area contributed by atoms with E-state index in [9.17, 15) is 33.8 Å². The molecular formula is C56H62FN9O9S. The number of aromatic hydroxyl groups is 2. The monoisotopic (exact) mass is 1060 g/mol. The van der Waals surface area contributed by atoms with Crippen LogP contribution in [0.1, 0.15) is 76.5 Å². The molecule has 3 aromatic heterocycles. The van der Waals surface area contributed by atoms with Crippen molar-refractivity contribution in [2.75, 3.05) is 53.1 Å². The van der Waals surface area contributed by atoms with E-state index in [2.05, 4.69) is 30.5 Å². The van der Waals surface area contributed by atoms with Crippen molar-refractivity contribution in [1.82, 2.24) is 45.0 Å². The number of thiazole rings is 1. The van der Waals surface area contributed by atoms with Crippen molar-refractivity contribution >= 4 is 45.7 Å². The second kappa shape index (κ2) is 24.4. The van der Waals surface area contributed by atoms with Gasteiger partial charge >= 0.3 is 0 Å². The Morgan fingerprint density at radius 3 is 2.37 bits per heavy atom. The number of carbonyl (C=O) groups excluding carboxylic acids is 4. The first-order valence-corrected chi connectivity index (χ1v) is 26.4. The molecule has 0 radical (unpaired) electrons. The summed E-state index contributed by atoms with van der Waals surface area (Å²) in [4.78, 5) is 62.1. The number of nitrogens with one attached hydrogen (secondary N) is 2. The van der Waals surface area contributed by atoms with E-state index in [4.69, 9.17) is 14.2 Å². The van der Waals surface area contributed by atoms with Crippen LogP contribution in [0, 0.1) is 18.7 Å². The molecule has 4 N–H and O–H groups in total. The molecule has 4 aromatic carbocycles. The van der Waals surface area contributed by atoms with Crippen LogP contribution >= 0.6 is 11.3 Å². The van der Waals surface area contributed by atoms with Crippen molar-refractivity contribution < 1.29 is 48.0 Å². The van der Waals surface area contributed by atoms with E-state index in [0.29, 0.717) is 80.6 Å². The number of likely N-dealkylation sites (N-methyl/N-ethyl adjacent to an activating group) is 1. The third kappa shape index (κ3) is 12.6. The van der Waals surface area contributed by atoms with Crippen molar-refractivity contribution in [3.05, 3.63) is 141 Å². The van der Waals surface area contributed by atoms with E-state index in [-0.39, 0.29) is 79.1 Å². The summed E-state index contributed by atoms with van der Waals surface area (Å²) in [6.07, 6.45) is 4.18. The number of hydrogen-bond donors (Lipinski definition) is 4. The second-order valence-electron chi connectivity index (χ2n) is 19.2. The highest BCUT2D eigenvalue weighted by Crippen LogP contribution is 2.38. The minimum absolute atomic E-state index is 0.126. The smallest absolute Gasteiger partial charge is 0.248 e. The summed E-state index contributed by atoms with van der Waals surface area (Å²) >= 11 is 1.30. The topological polar surface area (TPSA) is 216 Å². The SMILES string of the molecule is CN[C@H](C)C(=O)N[C@H](C(=O)N1CCC[C@H]1c1nc(C(=O)c2ccc(F)cc2)cs1)C1CCN(C(=O)COCCOCc2cn(CCOc3ccc(Cn4c(-c5ccc(O)cc5)c(C)c5cc(O)ccc54)cc3)nn2)CC1. The molecule has 2 aliphatic heterocycles. The number of rotatable bonds is 22. The number of amides is 3. The van der Waals surface area contributed by atoms with Crippen LogP contribution in [-0.2, 0) is 43.6 Å². The molecule has 0 saturated carbocycles. The fourth-order valence-corrected chi connectivity index (χ4v) is 10.8. The lowest BCUT2D eigenvalue weighted by atomic mass is 9.88. The highest BCUT2D eigenvalue weighted by atomic mass is 32.1. The molecule has 3 atom stereocenters. The molecule has 7 aromatic rings. The van der Waals surface area contributed by atoms with Gasteiger partial charge in [-0.15, -0.1) is 16.4 Å². The van der Waals surface area contributed by atoms with Gasteiger partial charge in [-0.05, 0) is 148 Å². The highest BCUT2D eigenvalue weighted by Gasteiger charge is 2.41. The van der Waals surface area contributed by atoms with Crippen LogP contribution in [0.15, 0.2) is 103 Å². The van der Waals surface area contributed by atoms with Gasteiger partial charge in [0, 0.05) is 48.0 Å². The molecular weight excluding hydrogens is 994 g/mol. The Labute approximate surface area is 443 Å². The average molecular weight is 1060 g/mol. The minimum atomic E-state index is -0.824. The molecule has 0 aliphatic carbocycles. The maximum absolute atomic E-state index is 14.4. The largest absolute Gasteiger partial charge is 0.508 e. The van der Waals surface area contributed by atoms with Crippen molar-refractivity contribution in [2.45, 2.75) is 77.4 Å². The Hall–Kier alpha value is -7.52. The fraction of sp³-hybridized carbons (Fsp3) is 0.375. The number of aryl methyl sites for hydroxylation is 1. The molecule has 0 bridgehead atoms. The number of ketones is 1. The van der Waals surface area contributed by atoms with Gasteiger partial charge in [0.1, 0.15) is 58.7 Å². The Balaban J connectivity index is 0.690. The quantitative estimate of drug-likeness (QED) is 0.0407. The van der Waals surface area contributed by atoms with Crippen molar-refractivity contribution in [3.63, 3.8) is 0 Å². The van der Waals surface area contributed by atoms with E-state index < -0.39 is 17.9 Å². The van der Waals surface area contributed by atoms with Gasteiger partial charge in [0.25, 0.3) is 0 Å². The first kappa shape index (κ1) is 53.3. The number of halogens is 1. The van der Waals surface area contributed by atoms with Gasteiger partial charge in [-0.1, -0.05) is 17.3 Å². The number of likely N-dealkylation sites (tertiary alicyclic amines) is 2. The lowest BCUT2D eigenvalue weighted by Crippen LogP contribution is -2.57. The first-order valence-electron chi connectivity index (χ1n) is 25.5. The molecule has 20 heteroatoms. The molecule has 9 rings (SSSR count). The van der Waals surface area contributed by atoms with E-state index in [1.54, 1.807) is 64.3 Å². The van der Waals surface area contributed by atoms with Gasteiger partial charge < -0.3 is 49.4 Å². The van der Waals surface area contributed by atoms with Crippen LogP contribution in [0.4, 0.5) is 4.39 Å². The Kier molecular flexibility index (Phi) is 17.1. The predicted octanol–water partition coefficient (Wildman–Crippen LogP) is 6.80. The summed E-state index contributed by atoms with van der Waals surface area (Å²) in [5.41, 5.74) is 6.26. The number of phenols is 2. The van der Waals surface area contributed by atoms with Crippen molar-refractivity contribution in [2.24, 2.45) is 5.92 Å². The lowest BCUT2D eigenvalue weighted by molar-refractivity contribution is -0.141. The standard InChI is InChI=1S/C56H62FN9O9S/c1-35-46-29-44(68)16-19-48(46)66(52(35)39-10-14-43(67)15-11-39)30-37-6-17-45(18-7-37)75-26-25-64-31-42(61-62-64)32-73-27-28-74-33-50(69)63-23-20-38(21-24-63)51(60-54(71)36(2)58-3)56(72)65-22-4-5-49(65)55-59-47(34-76-55)53(70)40-8-12-41(57)13-9-40/h6-19,29,31,34,36,38,49,51,58,67-68H,4-5,20-28,30,32-33H2,1-3H3,(H,60,71)/t36-,49+,51+/m1/s1. The summed E-state index contributed by atoms with van der Waals surface area (Å²) in [5, 5.41) is 37.8. The van der Waals surface area contributed by atoms with Gasteiger partial charge in [0.2, 0.25) is 23.5 Å². The maximum atomic E-state index is 14.4. The first-order chi connectivity index (χ1) is 36.8. The minimum Gasteiger partial charge on any atom is -0.508 e. The summed E-state index contributed by atoms with van der Waals surface area (Å²) in [5.74, 6) is -0.573.